The summed E-state index contributed by atoms with van der Waals surface area (Å²) in [5, 5.41) is 5.96. The van der Waals surface area contributed by atoms with Crippen molar-refractivity contribution in [1.82, 2.24) is 40.4 Å². The number of nitrogens with one attached hydrogen (secondary N) is 4. The maximum Gasteiger partial charge on any atom is 0.407 e. The summed E-state index contributed by atoms with van der Waals surface area (Å²) in [6.07, 6.45) is 8.73. The predicted molar refractivity (Wildman–Crippen MR) is 221 cm³/mol. The maximum atomic E-state index is 14.0. The third-order valence-electron chi connectivity index (χ3n) is 13.3. The van der Waals surface area contributed by atoms with Crippen LogP contribution in [0, 0.1) is 23.7 Å². The third kappa shape index (κ3) is 6.81. The van der Waals surface area contributed by atoms with E-state index >= 15 is 0 Å². The van der Waals surface area contributed by atoms with E-state index in [1.54, 1.807) is 7.11 Å². The number of H-pyrrole nitrogens is 2. The minimum absolute atomic E-state index is 0.0556. The molecule has 4 aromatic rings. The number of hydrogen-bond acceptors (Lipinski definition) is 8. The van der Waals surface area contributed by atoms with E-state index in [1.807, 2.05) is 49.9 Å². The average molecular weight is 789 g/mol. The molecular weight excluding hydrogens is 733 g/mol. The number of carbonyl (C=O) groups is 3. The standard InChI is InChI=1S/C45H56N8O5/c1-26(2)37(48-28(5)57-6)39(54)52-24-29-16-18-44(52,20-29)41-46-22-35(49-41)33-12-8-31(9-13-33)32-10-14-34(15-11-32)36-23-47-42(50-36)45-19-17-30(21-45)25-53(45)40(55)38(27(3)4)51-43(56)58-7/h8-15,22-23,26-27,29-30,37-38,48H,5,16-21,24-25H2,1-4,6-7H3,(H,46,49)(H,47,50)(H,51,56)/t29-,30-,37-,38-,44-,45-/m0/s1. The van der Waals surface area contributed by atoms with Crippen molar-refractivity contribution in [2.24, 2.45) is 23.7 Å². The normalized spacial score (nSPS) is 24.3. The van der Waals surface area contributed by atoms with Gasteiger partial charge in [-0.25, -0.2) is 14.8 Å². The van der Waals surface area contributed by atoms with E-state index in [9.17, 15) is 14.4 Å². The highest BCUT2D eigenvalue weighted by Crippen LogP contribution is 2.54. The summed E-state index contributed by atoms with van der Waals surface area (Å²) in [6.45, 7) is 13.2. The first-order chi connectivity index (χ1) is 27.8. The number of carbonyl (C=O) groups excluding carboxylic acids is 3. The van der Waals surface area contributed by atoms with Gasteiger partial charge in [0.1, 0.15) is 34.8 Å². The summed E-state index contributed by atoms with van der Waals surface area (Å²) in [5.74, 6) is 2.81. The van der Waals surface area contributed by atoms with E-state index in [0.717, 1.165) is 90.4 Å². The van der Waals surface area contributed by atoms with E-state index in [-0.39, 0.29) is 23.7 Å². The SMILES string of the molecule is C=C(N[C@H](C(=O)N1C[C@H]2CC[C@@]1(c1ncc(-c3ccc(-c4ccc(-c5cnc([C@@]67CC[C@H](CN6C(=O)[C@@H](NC(=O)OC)C(C)C)C7)[nH]5)cc4)cc3)[nH]1)C2)C(C)C)OC. The number of imidazole rings is 2. The first-order valence-corrected chi connectivity index (χ1v) is 20.6. The van der Waals surface area contributed by atoms with Crippen LogP contribution in [0.3, 0.4) is 0 Å². The Kier molecular flexibility index (Phi) is 10.4. The van der Waals surface area contributed by atoms with Gasteiger partial charge in [0, 0.05) is 13.1 Å². The number of piperidine rings is 2. The highest BCUT2D eigenvalue weighted by molar-refractivity contribution is 5.87. The Morgan fingerprint density at radius 1 is 0.690 bits per heavy atom. The molecule has 4 heterocycles. The second-order valence-corrected chi connectivity index (χ2v) is 17.5. The molecule has 2 saturated carbocycles. The van der Waals surface area contributed by atoms with Gasteiger partial charge >= 0.3 is 6.09 Å². The quantitative estimate of drug-likeness (QED) is 0.106. The maximum absolute atomic E-state index is 14.0. The number of amides is 3. The molecule has 4 aliphatic rings. The Bertz CT molecular complexity index is 2020. The van der Waals surface area contributed by atoms with Crippen LogP contribution >= 0.6 is 0 Å². The lowest BCUT2D eigenvalue weighted by Crippen LogP contribution is -2.56. The molecule has 0 radical (unpaired) electrons. The van der Waals surface area contributed by atoms with E-state index in [2.05, 4.69) is 75.7 Å². The van der Waals surface area contributed by atoms with Crippen molar-refractivity contribution in [2.75, 3.05) is 27.3 Å². The number of aromatic amines is 2. The van der Waals surface area contributed by atoms with Crippen LogP contribution in [0.15, 0.2) is 73.4 Å². The summed E-state index contributed by atoms with van der Waals surface area (Å²) < 4.78 is 10.1. The molecule has 13 heteroatoms. The number of hydrogen-bond donors (Lipinski definition) is 4. The van der Waals surface area contributed by atoms with Crippen molar-refractivity contribution < 1.29 is 23.9 Å². The Morgan fingerprint density at radius 2 is 1.10 bits per heavy atom. The van der Waals surface area contributed by atoms with Crippen molar-refractivity contribution in [1.29, 1.82) is 0 Å². The van der Waals surface area contributed by atoms with Gasteiger partial charge in [0.15, 0.2) is 5.88 Å². The van der Waals surface area contributed by atoms with Gasteiger partial charge in [-0.15, -0.1) is 0 Å². The Morgan fingerprint density at radius 3 is 1.48 bits per heavy atom. The van der Waals surface area contributed by atoms with Crippen LogP contribution in [0.4, 0.5) is 4.79 Å². The van der Waals surface area contributed by atoms with E-state index in [0.29, 0.717) is 24.3 Å². The molecule has 306 valence electrons. The number of ether oxygens (including phenoxy) is 2. The monoisotopic (exact) mass is 788 g/mol. The average Bonchev–Trinajstić information content (AvgIpc) is 4.10. The molecular formula is C45H56N8O5. The molecule has 0 spiro atoms. The fourth-order valence-electron chi connectivity index (χ4n) is 10.1. The van der Waals surface area contributed by atoms with Gasteiger partial charge in [-0.05, 0) is 91.0 Å². The highest BCUT2D eigenvalue weighted by atomic mass is 16.5. The summed E-state index contributed by atoms with van der Waals surface area (Å²) in [5.41, 5.74) is 5.05. The van der Waals surface area contributed by atoms with E-state index in [4.69, 9.17) is 19.4 Å². The minimum atomic E-state index is -0.680. The second kappa shape index (κ2) is 15.3. The summed E-state index contributed by atoms with van der Waals surface area (Å²) in [7, 11) is 2.86. The molecule has 8 rings (SSSR count). The van der Waals surface area contributed by atoms with Crippen LogP contribution < -0.4 is 10.6 Å². The fraction of sp³-hybridized carbons (Fsp3) is 0.489. The Hall–Kier alpha value is -5.59. The number of methoxy groups -OCH3 is 2. The van der Waals surface area contributed by atoms with Crippen molar-refractivity contribution in [2.45, 2.75) is 89.4 Å². The van der Waals surface area contributed by atoms with Crippen molar-refractivity contribution in [3.8, 4) is 33.6 Å². The number of likely N-dealkylation sites (tertiary alicyclic amines) is 2. The van der Waals surface area contributed by atoms with Gasteiger partial charge in [0.2, 0.25) is 11.8 Å². The van der Waals surface area contributed by atoms with Crippen LogP contribution in [0.1, 0.15) is 77.9 Å². The molecule has 0 unspecified atom stereocenters. The zero-order valence-corrected chi connectivity index (χ0v) is 34.4. The van der Waals surface area contributed by atoms with Gasteiger partial charge in [0.25, 0.3) is 0 Å². The molecule has 6 atom stereocenters. The molecule has 58 heavy (non-hydrogen) atoms. The van der Waals surface area contributed by atoms with Gasteiger partial charge < -0.3 is 39.9 Å². The third-order valence-corrected chi connectivity index (χ3v) is 13.3. The molecule has 2 aliphatic heterocycles. The smallest absolute Gasteiger partial charge is 0.407 e. The highest BCUT2D eigenvalue weighted by Gasteiger charge is 2.57. The van der Waals surface area contributed by atoms with Crippen LogP contribution in [0.5, 0.6) is 0 Å². The topological polar surface area (TPSA) is 158 Å². The lowest BCUT2D eigenvalue weighted by molar-refractivity contribution is -0.141. The predicted octanol–water partition coefficient (Wildman–Crippen LogP) is 6.92. The summed E-state index contributed by atoms with van der Waals surface area (Å²) in [4.78, 5) is 61.0. The van der Waals surface area contributed by atoms with Crippen molar-refractivity contribution in [3.63, 3.8) is 0 Å². The second-order valence-electron chi connectivity index (χ2n) is 17.5. The van der Waals surface area contributed by atoms with Gasteiger partial charge in [-0.2, -0.15) is 0 Å². The van der Waals surface area contributed by atoms with Crippen molar-refractivity contribution >= 4 is 17.9 Å². The first-order valence-electron chi connectivity index (χ1n) is 20.6. The number of fused-ring (bicyclic) bond motifs is 4. The van der Waals surface area contributed by atoms with Crippen LogP contribution in [0.2, 0.25) is 0 Å². The number of alkyl carbamates (subject to hydrolysis) is 1. The van der Waals surface area contributed by atoms with Crippen LogP contribution in [0.25, 0.3) is 33.6 Å². The summed E-state index contributed by atoms with van der Waals surface area (Å²) in [6, 6.07) is 15.8. The molecule has 2 aliphatic carbocycles. The van der Waals surface area contributed by atoms with Crippen LogP contribution in [-0.4, -0.2) is 87.0 Å². The van der Waals surface area contributed by atoms with Crippen molar-refractivity contribution in [3.05, 3.63) is 85.0 Å². The molecule has 4 fully saturated rings. The van der Waals surface area contributed by atoms with Gasteiger partial charge in [0.05, 0.1) is 38.0 Å². The van der Waals surface area contributed by atoms with E-state index < -0.39 is 29.3 Å². The number of aromatic nitrogens is 4. The number of nitrogens with zero attached hydrogens (tertiary/aromatic N) is 4. The lowest BCUT2D eigenvalue weighted by atomic mass is 9.93. The first kappa shape index (κ1) is 39.2. The minimum Gasteiger partial charge on any atom is -0.483 e. The molecule has 2 aromatic heterocycles. The zero-order valence-electron chi connectivity index (χ0n) is 34.4. The number of benzene rings is 2. The van der Waals surface area contributed by atoms with Crippen LogP contribution in [-0.2, 0) is 30.1 Å². The largest absolute Gasteiger partial charge is 0.483 e. The zero-order chi connectivity index (χ0) is 40.9. The summed E-state index contributed by atoms with van der Waals surface area (Å²) >= 11 is 0. The molecule has 13 nitrogen and oxygen atoms in total. The van der Waals surface area contributed by atoms with Gasteiger partial charge in [-0.1, -0.05) is 76.2 Å². The lowest BCUT2D eigenvalue weighted by Gasteiger charge is -2.40. The molecule has 4 bridgehead atoms. The number of rotatable bonds is 13. The van der Waals surface area contributed by atoms with Gasteiger partial charge in [-0.3, -0.25) is 9.59 Å². The Labute approximate surface area is 340 Å². The molecule has 2 aromatic carbocycles. The molecule has 2 saturated heterocycles. The van der Waals surface area contributed by atoms with E-state index in [1.165, 1.54) is 7.11 Å². The molecule has 4 N–H and O–H groups in total. The Balaban J connectivity index is 0.963. The molecule has 3 amide bonds. The fourth-order valence-corrected chi connectivity index (χ4v) is 10.1.